The summed E-state index contributed by atoms with van der Waals surface area (Å²) in [5, 5.41) is 9.46. The van der Waals surface area contributed by atoms with Gasteiger partial charge in [0, 0.05) is 12.1 Å². The minimum absolute atomic E-state index is 0.0260. The molecule has 1 N–H and O–H groups in total. The second-order valence-corrected chi connectivity index (χ2v) is 4.55. The van der Waals surface area contributed by atoms with E-state index in [1.54, 1.807) is 0 Å². The summed E-state index contributed by atoms with van der Waals surface area (Å²) >= 11 is 0. The lowest BCUT2D eigenvalue weighted by Crippen LogP contribution is -2.43. The quantitative estimate of drug-likeness (QED) is 0.751. The van der Waals surface area contributed by atoms with Crippen molar-refractivity contribution >= 4 is 0 Å². The van der Waals surface area contributed by atoms with Crippen LogP contribution in [0.5, 0.6) is 0 Å². The fraction of sp³-hybridized carbons (Fsp3) is 1.00. The molecule has 1 unspecified atom stereocenters. The summed E-state index contributed by atoms with van der Waals surface area (Å²) in [7, 11) is 0. The molecular weight excluding hydrogens is 174 g/mol. The average molecular weight is 199 g/mol. The lowest BCUT2D eigenvalue weighted by Gasteiger charge is -2.38. The lowest BCUT2D eigenvalue weighted by atomic mass is 9.91. The minimum atomic E-state index is -0.0260. The average Bonchev–Trinajstić information content (AvgIpc) is 2.21. The molecule has 1 rings (SSSR count). The molecule has 0 bridgehead atoms. The van der Waals surface area contributed by atoms with E-state index in [2.05, 4.69) is 25.7 Å². The standard InChI is InChI=1S/C12H25NO/c1-4-10(3)13(5-2)11-6-8-12(14)9-7-11/h10-12,14H,4-9H2,1-3H3. The number of aliphatic hydroxyl groups excluding tert-OH is 1. The van der Waals surface area contributed by atoms with Crippen LogP contribution in [0, 0.1) is 0 Å². The van der Waals surface area contributed by atoms with Crippen molar-refractivity contribution in [3.63, 3.8) is 0 Å². The molecule has 0 aliphatic heterocycles. The third kappa shape index (κ3) is 2.96. The minimum Gasteiger partial charge on any atom is -0.393 e. The second-order valence-electron chi connectivity index (χ2n) is 4.55. The fourth-order valence-corrected chi connectivity index (χ4v) is 2.55. The fourth-order valence-electron chi connectivity index (χ4n) is 2.55. The highest BCUT2D eigenvalue weighted by atomic mass is 16.3. The predicted octanol–water partition coefficient (Wildman–Crippen LogP) is 2.41. The molecule has 0 aromatic rings. The number of aliphatic hydroxyl groups is 1. The van der Waals surface area contributed by atoms with Crippen LogP contribution in [-0.2, 0) is 0 Å². The van der Waals surface area contributed by atoms with Crippen molar-refractivity contribution in [2.24, 2.45) is 0 Å². The molecule has 0 saturated heterocycles. The summed E-state index contributed by atoms with van der Waals surface area (Å²) in [5.41, 5.74) is 0. The first-order valence-corrected chi connectivity index (χ1v) is 6.12. The molecule has 0 aromatic heterocycles. The van der Waals surface area contributed by atoms with Crippen LogP contribution in [0.1, 0.15) is 52.9 Å². The zero-order chi connectivity index (χ0) is 10.6. The van der Waals surface area contributed by atoms with E-state index in [9.17, 15) is 5.11 Å². The Morgan fingerprint density at radius 1 is 1.21 bits per heavy atom. The van der Waals surface area contributed by atoms with E-state index in [1.807, 2.05) is 0 Å². The number of hydrogen-bond donors (Lipinski definition) is 1. The molecular formula is C12H25NO. The molecule has 1 atom stereocenters. The molecule has 2 heteroatoms. The Morgan fingerprint density at radius 3 is 2.21 bits per heavy atom. The highest BCUT2D eigenvalue weighted by molar-refractivity contribution is 4.81. The zero-order valence-corrected chi connectivity index (χ0v) is 9.87. The Kier molecular flexibility index (Phi) is 4.90. The van der Waals surface area contributed by atoms with E-state index < -0.39 is 0 Å². The Bertz CT molecular complexity index is 152. The molecule has 0 amide bonds. The lowest BCUT2D eigenvalue weighted by molar-refractivity contribution is 0.0577. The van der Waals surface area contributed by atoms with Crippen LogP contribution >= 0.6 is 0 Å². The molecule has 2 nitrogen and oxygen atoms in total. The summed E-state index contributed by atoms with van der Waals surface area (Å²) in [6, 6.07) is 1.42. The van der Waals surface area contributed by atoms with Gasteiger partial charge in [0.1, 0.15) is 0 Å². The van der Waals surface area contributed by atoms with Gasteiger partial charge in [0.05, 0.1) is 6.10 Å². The van der Waals surface area contributed by atoms with Gasteiger partial charge in [-0.2, -0.15) is 0 Å². The first kappa shape index (κ1) is 12.0. The summed E-state index contributed by atoms with van der Waals surface area (Å²) in [4.78, 5) is 2.60. The monoisotopic (exact) mass is 199 g/mol. The van der Waals surface area contributed by atoms with E-state index in [4.69, 9.17) is 0 Å². The van der Waals surface area contributed by atoms with Crippen LogP contribution in [0.2, 0.25) is 0 Å². The predicted molar refractivity (Wildman–Crippen MR) is 60.4 cm³/mol. The number of rotatable bonds is 4. The molecule has 1 fully saturated rings. The van der Waals surface area contributed by atoms with Gasteiger partial charge in [-0.1, -0.05) is 13.8 Å². The highest BCUT2D eigenvalue weighted by Crippen LogP contribution is 2.24. The van der Waals surface area contributed by atoms with Crippen LogP contribution < -0.4 is 0 Å². The summed E-state index contributed by atoms with van der Waals surface area (Å²) in [5.74, 6) is 0. The summed E-state index contributed by atoms with van der Waals surface area (Å²) in [6.07, 6.45) is 5.56. The Hall–Kier alpha value is -0.0800. The van der Waals surface area contributed by atoms with Gasteiger partial charge in [0.25, 0.3) is 0 Å². The van der Waals surface area contributed by atoms with Crippen LogP contribution in [0.4, 0.5) is 0 Å². The van der Waals surface area contributed by atoms with E-state index in [0.717, 1.165) is 25.4 Å². The first-order valence-electron chi connectivity index (χ1n) is 6.12. The molecule has 84 valence electrons. The normalized spacial score (nSPS) is 30.6. The Morgan fingerprint density at radius 2 is 1.79 bits per heavy atom. The van der Waals surface area contributed by atoms with Gasteiger partial charge in [-0.15, -0.1) is 0 Å². The van der Waals surface area contributed by atoms with Crippen molar-refractivity contribution < 1.29 is 5.11 Å². The summed E-state index contributed by atoms with van der Waals surface area (Å²) < 4.78 is 0. The van der Waals surface area contributed by atoms with Crippen molar-refractivity contribution in [3.8, 4) is 0 Å². The van der Waals surface area contributed by atoms with Gasteiger partial charge in [-0.05, 0) is 45.6 Å². The van der Waals surface area contributed by atoms with Gasteiger partial charge < -0.3 is 5.11 Å². The molecule has 1 saturated carbocycles. The maximum absolute atomic E-state index is 9.46. The maximum Gasteiger partial charge on any atom is 0.0541 e. The van der Waals surface area contributed by atoms with Crippen molar-refractivity contribution in [1.82, 2.24) is 4.90 Å². The van der Waals surface area contributed by atoms with Crippen LogP contribution in [-0.4, -0.2) is 34.7 Å². The molecule has 0 aromatic carbocycles. The van der Waals surface area contributed by atoms with Crippen molar-refractivity contribution in [1.29, 1.82) is 0 Å². The highest BCUT2D eigenvalue weighted by Gasteiger charge is 2.25. The van der Waals surface area contributed by atoms with Crippen LogP contribution in [0.3, 0.4) is 0 Å². The van der Waals surface area contributed by atoms with E-state index >= 15 is 0 Å². The summed E-state index contributed by atoms with van der Waals surface area (Å²) in [6.45, 7) is 7.96. The largest absolute Gasteiger partial charge is 0.393 e. The van der Waals surface area contributed by atoms with Crippen molar-refractivity contribution in [3.05, 3.63) is 0 Å². The number of hydrogen-bond acceptors (Lipinski definition) is 2. The maximum atomic E-state index is 9.46. The molecule has 1 aliphatic carbocycles. The molecule has 0 heterocycles. The van der Waals surface area contributed by atoms with Gasteiger partial charge in [0.2, 0.25) is 0 Å². The Balaban J connectivity index is 2.44. The number of nitrogens with zero attached hydrogens (tertiary/aromatic N) is 1. The molecule has 0 spiro atoms. The second kappa shape index (κ2) is 5.72. The first-order chi connectivity index (χ1) is 6.69. The van der Waals surface area contributed by atoms with Crippen molar-refractivity contribution in [2.75, 3.05) is 6.54 Å². The smallest absolute Gasteiger partial charge is 0.0541 e. The third-order valence-corrected chi connectivity index (χ3v) is 3.66. The Labute approximate surface area is 88.3 Å². The van der Waals surface area contributed by atoms with Crippen LogP contribution in [0.25, 0.3) is 0 Å². The van der Waals surface area contributed by atoms with Crippen molar-refractivity contribution in [2.45, 2.75) is 71.1 Å². The van der Waals surface area contributed by atoms with E-state index in [0.29, 0.717) is 6.04 Å². The third-order valence-electron chi connectivity index (χ3n) is 3.66. The van der Waals surface area contributed by atoms with E-state index in [-0.39, 0.29) is 6.10 Å². The molecule has 14 heavy (non-hydrogen) atoms. The van der Waals surface area contributed by atoms with Gasteiger partial charge in [0.15, 0.2) is 0 Å². The molecule has 1 aliphatic rings. The van der Waals surface area contributed by atoms with Gasteiger partial charge in [-0.25, -0.2) is 0 Å². The SMILES string of the molecule is CCC(C)N(CC)C1CCC(O)CC1. The van der Waals surface area contributed by atoms with Gasteiger partial charge in [-0.3, -0.25) is 4.90 Å². The topological polar surface area (TPSA) is 23.5 Å². The van der Waals surface area contributed by atoms with Crippen LogP contribution in [0.15, 0.2) is 0 Å². The van der Waals surface area contributed by atoms with Gasteiger partial charge >= 0.3 is 0 Å². The zero-order valence-electron chi connectivity index (χ0n) is 9.87. The van der Waals surface area contributed by atoms with E-state index in [1.165, 1.54) is 19.3 Å². The molecule has 0 radical (unpaired) electrons.